The first-order valence-corrected chi connectivity index (χ1v) is 7.96. The molecule has 0 aliphatic rings. The van der Waals surface area contributed by atoms with Crippen molar-refractivity contribution in [3.05, 3.63) is 70.2 Å². The van der Waals surface area contributed by atoms with E-state index in [1.54, 1.807) is 0 Å². The smallest absolute Gasteiger partial charge is 0.0406 e. The maximum atomic E-state index is 5.94. The van der Waals surface area contributed by atoms with Gasteiger partial charge in [0.05, 0.1) is 0 Å². The molecule has 0 aliphatic heterocycles. The number of rotatable bonds is 5. The third kappa shape index (κ3) is 4.33. The number of nitrogens with one attached hydrogen (secondary N) is 1. The summed E-state index contributed by atoms with van der Waals surface area (Å²) in [6, 6.07) is 17.6. The van der Waals surface area contributed by atoms with Crippen molar-refractivity contribution in [1.82, 2.24) is 5.32 Å². The summed E-state index contributed by atoms with van der Waals surface area (Å²) in [6.07, 6.45) is 0. The van der Waals surface area contributed by atoms with Crippen molar-refractivity contribution >= 4 is 11.6 Å². The Morgan fingerprint density at radius 2 is 1.05 bits per heavy atom. The average molecular weight is 302 g/mol. The molecule has 1 N–H and O–H groups in total. The van der Waals surface area contributed by atoms with Gasteiger partial charge in [-0.25, -0.2) is 0 Å². The topological polar surface area (TPSA) is 12.0 Å². The van der Waals surface area contributed by atoms with Crippen molar-refractivity contribution in [2.45, 2.75) is 45.7 Å². The molecular formula is C19H24ClN. The second kappa shape index (κ2) is 7.11. The zero-order chi connectivity index (χ0) is 15.4. The summed E-state index contributed by atoms with van der Waals surface area (Å²) in [5.41, 5.74) is 3.96. The maximum absolute atomic E-state index is 5.94. The number of benzene rings is 2. The third-order valence-electron chi connectivity index (χ3n) is 3.97. The quantitative estimate of drug-likeness (QED) is 0.727. The zero-order valence-corrected chi connectivity index (χ0v) is 14.0. The Labute approximate surface area is 133 Å². The average Bonchev–Trinajstić information content (AvgIpc) is 2.47. The SMILES string of the molecule is CC(C)c1ccc(C(C)NC(C)c2ccc(Cl)cc2)cc1. The van der Waals surface area contributed by atoms with E-state index >= 15 is 0 Å². The van der Waals surface area contributed by atoms with E-state index in [4.69, 9.17) is 11.6 Å². The third-order valence-corrected chi connectivity index (χ3v) is 4.23. The van der Waals surface area contributed by atoms with Gasteiger partial charge in [-0.3, -0.25) is 0 Å². The second-order valence-corrected chi connectivity index (χ2v) is 6.42. The zero-order valence-electron chi connectivity index (χ0n) is 13.2. The van der Waals surface area contributed by atoms with Gasteiger partial charge in [-0.1, -0.05) is 61.8 Å². The molecule has 2 atom stereocenters. The number of hydrogen-bond donors (Lipinski definition) is 1. The van der Waals surface area contributed by atoms with Gasteiger partial charge >= 0.3 is 0 Å². The summed E-state index contributed by atoms with van der Waals surface area (Å²) < 4.78 is 0. The van der Waals surface area contributed by atoms with Crippen LogP contribution in [0, 0.1) is 0 Å². The number of hydrogen-bond acceptors (Lipinski definition) is 1. The van der Waals surface area contributed by atoms with Crippen LogP contribution in [0.15, 0.2) is 48.5 Å². The normalized spacial score (nSPS) is 14.2. The lowest BCUT2D eigenvalue weighted by atomic mass is 9.99. The summed E-state index contributed by atoms with van der Waals surface area (Å²) in [4.78, 5) is 0. The van der Waals surface area contributed by atoms with E-state index in [9.17, 15) is 0 Å². The van der Waals surface area contributed by atoms with Crippen LogP contribution < -0.4 is 5.32 Å². The summed E-state index contributed by atoms with van der Waals surface area (Å²) in [6.45, 7) is 8.83. The minimum absolute atomic E-state index is 0.294. The minimum Gasteiger partial charge on any atom is -0.304 e. The Morgan fingerprint density at radius 1 is 0.667 bits per heavy atom. The molecule has 0 saturated carbocycles. The summed E-state index contributed by atoms with van der Waals surface area (Å²) in [5.74, 6) is 0.579. The molecule has 1 nitrogen and oxygen atoms in total. The van der Waals surface area contributed by atoms with Crippen LogP contribution in [0.4, 0.5) is 0 Å². The first kappa shape index (κ1) is 16.1. The highest BCUT2D eigenvalue weighted by molar-refractivity contribution is 6.30. The maximum Gasteiger partial charge on any atom is 0.0406 e. The Kier molecular flexibility index (Phi) is 5.44. The molecule has 0 amide bonds. The van der Waals surface area contributed by atoms with Crippen molar-refractivity contribution < 1.29 is 0 Å². The van der Waals surface area contributed by atoms with Crippen LogP contribution in [0.25, 0.3) is 0 Å². The monoisotopic (exact) mass is 301 g/mol. The first-order chi connectivity index (χ1) is 9.97. The van der Waals surface area contributed by atoms with Gasteiger partial charge in [0.2, 0.25) is 0 Å². The predicted octanol–water partition coefficient (Wildman–Crippen LogP) is 5.88. The Balaban J connectivity index is 2.03. The van der Waals surface area contributed by atoms with E-state index in [1.165, 1.54) is 16.7 Å². The fraction of sp³-hybridized carbons (Fsp3) is 0.368. The predicted molar refractivity (Wildman–Crippen MR) is 91.9 cm³/mol. The summed E-state index contributed by atoms with van der Waals surface area (Å²) in [7, 11) is 0. The van der Waals surface area contributed by atoms with Crippen molar-refractivity contribution in [2.75, 3.05) is 0 Å². The highest BCUT2D eigenvalue weighted by Gasteiger charge is 2.11. The van der Waals surface area contributed by atoms with Crippen molar-refractivity contribution in [3.8, 4) is 0 Å². The lowest BCUT2D eigenvalue weighted by molar-refractivity contribution is 0.494. The standard InChI is InChI=1S/C19H24ClN/c1-13(2)16-5-7-17(8-6-16)14(3)21-15(4)18-9-11-19(20)12-10-18/h5-15,21H,1-4H3. The van der Waals surface area contributed by atoms with Gasteiger partial charge in [-0.05, 0) is 48.6 Å². The Hall–Kier alpha value is -1.31. The van der Waals surface area contributed by atoms with E-state index in [2.05, 4.69) is 69.4 Å². The molecule has 112 valence electrons. The van der Waals surface area contributed by atoms with Crippen LogP contribution in [-0.4, -0.2) is 0 Å². The number of halogens is 1. The molecule has 2 aromatic rings. The molecule has 0 aliphatic carbocycles. The van der Waals surface area contributed by atoms with E-state index in [-0.39, 0.29) is 0 Å². The van der Waals surface area contributed by atoms with E-state index in [0.29, 0.717) is 18.0 Å². The van der Waals surface area contributed by atoms with Crippen LogP contribution in [0.3, 0.4) is 0 Å². The molecule has 0 saturated heterocycles. The largest absolute Gasteiger partial charge is 0.304 e. The van der Waals surface area contributed by atoms with Crippen LogP contribution in [0.2, 0.25) is 5.02 Å². The minimum atomic E-state index is 0.294. The molecular weight excluding hydrogens is 278 g/mol. The van der Waals surface area contributed by atoms with Crippen molar-refractivity contribution in [2.24, 2.45) is 0 Å². The first-order valence-electron chi connectivity index (χ1n) is 7.58. The van der Waals surface area contributed by atoms with E-state index in [0.717, 1.165) is 5.02 Å². The fourth-order valence-electron chi connectivity index (χ4n) is 2.49. The van der Waals surface area contributed by atoms with Gasteiger partial charge < -0.3 is 5.32 Å². The van der Waals surface area contributed by atoms with Crippen LogP contribution >= 0.6 is 11.6 Å². The van der Waals surface area contributed by atoms with Crippen molar-refractivity contribution in [1.29, 1.82) is 0 Å². The Morgan fingerprint density at radius 3 is 1.48 bits per heavy atom. The molecule has 0 spiro atoms. The van der Waals surface area contributed by atoms with Gasteiger partial charge in [0.15, 0.2) is 0 Å². The molecule has 21 heavy (non-hydrogen) atoms. The lowest BCUT2D eigenvalue weighted by Gasteiger charge is -2.21. The van der Waals surface area contributed by atoms with E-state index < -0.39 is 0 Å². The molecule has 2 rings (SSSR count). The highest BCUT2D eigenvalue weighted by Crippen LogP contribution is 2.22. The molecule has 0 aromatic heterocycles. The van der Waals surface area contributed by atoms with Crippen LogP contribution in [0.1, 0.15) is 62.4 Å². The molecule has 0 radical (unpaired) electrons. The molecule has 2 aromatic carbocycles. The van der Waals surface area contributed by atoms with Gasteiger partial charge in [-0.2, -0.15) is 0 Å². The summed E-state index contributed by atoms with van der Waals surface area (Å²) in [5, 5.41) is 4.42. The molecule has 0 heterocycles. The van der Waals surface area contributed by atoms with Gasteiger partial charge in [-0.15, -0.1) is 0 Å². The molecule has 2 heteroatoms. The van der Waals surface area contributed by atoms with Crippen LogP contribution in [0.5, 0.6) is 0 Å². The van der Waals surface area contributed by atoms with Crippen molar-refractivity contribution in [3.63, 3.8) is 0 Å². The molecule has 2 unspecified atom stereocenters. The van der Waals surface area contributed by atoms with E-state index in [1.807, 2.05) is 12.1 Å². The fourth-order valence-corrected chi connectivity index (χ4v) is 2.61. The van der Waals surface area contributed by atoms with Gasteiger partial charge in [0.1, 0.15) is 0 Å². The van der Waals surface area contributed by atoms with Gasteiger partial charge in [0.25, 0.3) is 0 Å². The van der Waals surface area contributed by atoms with Gasteiger partial charge in [0, 0.05) is 17.1 Å². The summed E-state index contributed by atoms with van der Waals surface area (Å²) >= 11 is 5.94. The highest BCUT2D eigenvalue weighted by atomic mass is 35.5. The lowest BCUT2D eigenvalue weighted by Crippen LogP contribution is -2.22. The molecule has 0 bridgehead atoms. The van der Waals surface area contributed by atoms with Crippen LogP contribution in [-0.2, 0) is 0 Å². The molecule has 0 fully saturated rings. The second-order valence-electron chi connectivity index (χ2n) is 5.98. The Bertz CT molecular complexity index is 557.